The van der Waals surface area contributed by atoms with Crippen LogP contribution in [0.4, 0.5) is 0 Å². The summed E-state index contributed by atoms with van der Waals surface area (Å²) >= 11 is 4.90. The van der Waals surface area contributed by atoms with E-state index in [-0.39, 0.29) is 12.4 Å². The van der Waals surface area contributed by atoms with Crippen molar-refractivity contribution in [2.75, 3.05) is 19.8 Å². The Morgan fingerprint density at radius 3 is 2.48 bits per heavy atom. The number of carbonyl (C=O) groups is 2. The van der Waals surface area contributed by atoms with Gasteiger partial charge in [0.15, 0.2) is 22.7 Å². The van der Waals surface area contributed by atoms with Gasteiger partial charge in [-0.1, -0.05) is 0 Å². The minimum atomic E-state index is -0.305. The normalized spacial score (nSPS) is 10.9. The second kappa shape index (κ2) is 9.41. The van der Waals surface area contributed by atoms with Gasteiger partial charge in [-0.15, -0.1) is 11.3 Å². The first-order valence-electron chi connectivity index (χ1n) is 9.23. The summed E-state index contributed by atoms with van der Waals surface area (Å²) < 4.78 is 18.8. The van der Waals surface area contributed by atoms with Crippen molar-refractivity contribution in [2.45, 2.75) is 27.2 Å². The van der Waals surface area contributed by atoms with Crippen LogP contribution in [-0.4, -0.2) is 41.5 Å². The van der Waals surface area contributed by atoms with Crippen LogP contribution in [0.5, 0.6) is 11.5 Å². The number of halogens is 1. The maximum absolute atomic E-state index is 11.9. The topological polar surface area (TPSA) is 79.1 Å². The molecule has 0 aliphatic heterocycles. The highest BCUT2D eigenvalue weighted by Gasteiger charge is 2.21. The van der Waals surface area contributed by atoms with E-state index < -0.39 is 0 Å². The van der Waals surface area contributed by atoms with E-state index in [1.165, 1.54) is 11.3 Å². The number of esters is 1. The molecule has 0 saturated carbocycles. The van der Waals surface area contributed by atoms with Crippen molar-refractivity contribution in [3.05, 3.63) is 33.4 Å². The highest BCUT2D eigenvalue weighted by Crippen LogP contribution is 2.40. The van der Waals surface area contributed by atoms with Crippen molar-refractivity contribution in [1.82, 2.24) is 9.38 Å². The van der Waals surface area contributed by atoms with E-state index in [1.807, 2.05) is 26.0 Å². The van der Waals surface area contributed by atoms with Crippen LogP contribution in [0.1, 0.15) is 36.1 Å². The lowest BCUT2D eigenvalue weighted by Gasteiger charge is -2.13. The van der Waals surface area contributed by atoms with Crippen molar-refractivity contribution >= 4 is 44.5 Å². The van der Waals surface area contributed by atoms with Crippen LogP contribution in [0.25, 0.3) is 16.2 Å². The molecule has 7 nitrogen and oxygen atoms in total. The molecule has 0 aliphatic carbocycles. The van der Waals surface area contributed by atoms with Crippen LogP contribution in [0.2, 0.25) is 0 Å². The Hall–Kier alpha value is -2.39. The molecule has 0 aliphatic rings. The van der Waals surface area contributed by atoms with Gasteiger partial charge in [0.05, 0.1) is 26.2 Å². The van der Waals surface area contributed by atoms with E-state index in [9.17, 15) is 9.59 Å². The summed E-state index contributed by atoms with van der Waals surface area (Å²) in [5.74, 6) is 0.902. The number of rotatable bonds is 9. The highest BCUT2D eigenvalue weighted by atomic mass is 79.9. The van der Waals surface area contributed by atoms with Crippen LogP contribution in [-0.2, 0) is 16.0 Å². The fraction of sp³-hybridized carbons (Fsp3) is 0.350. The summed E-state index contributed by atoms with van der Waals surface area (Å²) in [4.78, 5) is 29.7. The van der Waals surface area contributed by atoms with Gasteiger partial charge < -0.3 is 14.2 Å². The van der Waals surface area contributed by atoms with Gasteiger partial charge in [0, 0.05) is 21.1 Å². The molecule has 0 unspecified atom stereocenters. The molecule has 154 valence electrons. The van der Waals surface area contributed by atoms with Crippen LogP contribution in [0.3, 0.4) is 0 Å². The van der Waals surface area contributed by atoms with Crippen molar-refractivity contribution < 1.29 is 23.8 Å². The number of imidazole rings is 1. The number of thiazole rings is 1. The van der Waals surface area contributed by atoms with Crippen LogP contribution in [0, 0.1) is 0 Å². The zero-order valence-corrected chi connectivity index (χ0v) is 18.8. The summed E-state index contributed by atoms with van der Waals surface area (Å²) in [5, 5.41) is 0. The average molecular weight is 481 g/mol. The van der Waals surface area contributed by atoms with Gasteiger partial charge in [-0.25, -0.2) is 4.98 Å². The number of hydrogen-bond acceptors (Lipinski definition) is 7. The van der Waals surface area contributed by atoms with E-state index in [1.54, 1.807) is 17.5 Å². The summed E-state index contributed by atoms with van der Waals surface area (Å²) in [6, 6.07) is 3.63. The first kappa shape index (κ1) is 21.3. The van der Waals surface area contributed by atoms with Crippen LogP contribution in [0.15, 0.2) is 22.8 Å². The number of aromatic nitrogens is 2. The van der Waals surface area contributed by atoms with Crippen molar-refractivity contribution in [1.29, 1.82) is 0 Å². The standard InChI is InChI=1S/C20H21BrN2O5S/c1-4-26-16-8-13(14(21)9-17(16)27-5-2)19-15(11-24)23-10-12(29-20(23)22-19)7-18(25)28-6-3/h8-11H,4-7H2,1-3H3. The Labute approximate surface area is 180 Å². The minimum Gasteiger partial charge on any atom is -0.490 e. The minimum absolute atomic E-state index is 0.150. The lowest BCUT2D eigenvalue weighted by molar-refractivity contribution is -0.142. The van der Waals surface area contributed by atoms with Gasteiger partial charge in [0.25, 0.3) is 0 Å². The third kappa shape index (κ3) is 4.45. The first-order chi connectivity index (χ1) is 14.0. The van der Waals surface area contributed by atoms with E-state index in [2.05, 4.69) is 20.9 Å². The third-order valence-electron chi connectivity index (χ3n) is 4.03. The van der Waals surface area contributed by atoms with Crippen LogP contribution >= 0.6 is 27.3 Å². The van der Waals surface area contributed by atoms with Gasteiger partial charge in [-0.3, -0.25) is 14.0 Å². The Morgan fingerprint density at radius 2 is 1.86 bits per heavy atom. The second-order valence-electron chi connectivity index (χ2n) is 5.94. The third-order valence-corrected chi connectivity index (χ3v) is 5.67. The van der Waals surface area contributed by atoms with Gasteiger partial charge >= 0.3 is 5.97 Å². The van der Waals surface area contributed by atoms with Crippen molar-refractivity contribution in [3.8, 4) is 22.8 Å². The average Bonchev–Trinajstić information content (AvgIpc) is 3.21. The maximum atomic E-state index is 11.9. The van der Waals surface area contributed by atoms with Crippen molar-refractivity contribution in [3.63, 3.8) is 0 Å². The number of aldehydes is 1. The fourth-order valence-electron chi connectivity index (χ4n) is 2.91. The van der Waals surface area contributed by atoms with Gasteiger partial charge in [-0.2, -0.15) is 0 Å². The molecular weight excluding hydrogens is 460 g/mol. The number of carbonyl (C=O) groups excluding carboxylic acids is 2. The molecule has 0 saturated heterocycles. The van der Waals surface area contributed by atoms with Gasteiger partial charge in [0.1, 0.15) is 11.4 Å². The Kier molecular flexibility index (Phi) is 6.92. The molecule has 2 heterocycles. The molecule has 0 amide bonds. The van der Waals surface area contributed by atoms with E-state index >= 15 is 0 Å². The molecule has 29 heavy (non-hydrogen) atoms. The Bertz CT molecular complexity index is 1040. The quantitative estimate of drug-likeness (QED) is 0.330. The van der Waals surface area contributed by atoms with E-state index in [0.29, 0.717) is 47.7 Å². The van der Waals surface area contributed by atoms with Crippen LogP contribution < -0.4 is 9.47 Å². The fourth-order valence-corrected chi connectivity index (χ4v) is 4.39. The number of nitrogens with zero attached hydrogens (tertiary/aromatic N) is 2. The SMILES string of the molecule is CCOC(=O)Cc1cn2c(C=O)c(-c3cc(OCC)c(OCC)cc3Br)nc2s1. The lowest BCUT2D eigenvalue weighted by Crippen LogP contribution is -2.06. The molecule has 1 aromatic carbocycles. The molecular formula is C20H21BrN2O5S. The lowest BCUT2D eigenvalue weighted by atomic mass is 10.1. The Balaban J connectivity index is 2.05. The van der Waals surface area contributed by atoms with E-state index in [4.69, 9.17) is 14.2 Å². The molecule has 0 N–H and O–H groups in total. The molecule has 3 rings (SSSR count). The summed E-state index contributed by atoms with van der Waals surface area (Å²) in [7, 11) is 0. The monoisotopic (exact) mass is 480 g/mol. The largest absolute Gasteiger partial charge is 0.490 e. The summed E-state index contributed by atoms with van der Waals surface area (Å²) in [6.45, 7) is 6.89. The molecule has 9 heteroatoms. The zero-order chi connectivity index (χ0) is 21.0. The molecule has 0 spiro atoms. The Morgan fingerprint density at radius 1 is 1.17 bits per heavy atom. The highest BCUT2D eigenvalue weighted by molar-refractivity contribution is 9.10. The summed E-state index contributed by atoms with van der Waals surface area (Å²) in [5.41, 5.74) is 1.66. The first-order valence-corrected chi connectivity index (χ1v) is 10.8. The summed E-state index contributed by atoms with van der Waals surface area (Å²) in [6.07, 6.45) is 2.67. The molecule has 0 bridgehead atoms. The van der Waals surface area contributed by atoms with Gasteiger partial charge in [-0.05, 0) is 48.8 Å². The van der Waals surface area contributed by atoms with E-state index in [0.717, 1.165) is 21.2 Å². The molecule has 3 aromatic rings. The number of benzene rings is 1. The predicted octanol–water partition coefficient (Wildman–Crippen LogP) is 4.54. The van der Waals surface area contributed by atoms with Gasteiger partial charge in [0.2, 0.25) is 0 Å². The zero-order valence-electron chi connectivity index (χ0n) is 16.4. The molecule has 0 fully saturated rings. The molecule has 2 aromatic heterocycles. The van der Waals surface area contributed by atoms with Crippen molar-refractivity contribution in [2.24, 2.45) is 0 Å². The molecule has 0 radical (unpaired) electrons. The predicted molar refractivity (Wildman–Crippen MR) is 114 cm³/mol. The second-order valence-corrected chi connectivity index (χ2v) is 7.89. The molecule has 0 atom stereocenters. The number of hydrogen-bond donors (Lipinski definition) is 0. The maximum Gasteiger partial charge on any atom is 0.311 e. The smallest absolute Gasteiger partial charge is 0.311 e. The number of ether oxygens (including phenoxy) is 3. The number of fused-ring (bicyclic) bond motifs is 1.